The first-order valence-corrected chi connectivity index (χ1v) is 6.95. The molecule has 3 nitrogen and oxygen atoms in total. The average molecular weight is 266 g/mol. The molecule has 2 aromatic carbocycles. The van der Waals surface area contributed by atoms with Crippen LogP contribution in [0.15, 0.2) is 48.5 Å². The normalized spacial score (nSPS) is 14.5. The zero-order valence-electron chi connectivity index (χ0n) is 11.4. The minimum atomic E-state index is 0.0742. The maximum Gasteiger partial charge on any atom is 0.253 e. The molecule has 0 aliphatic carbocycles. The first-order valence-electron chi connectivity index (χ1n) is 6.95. The summed E-state index contributed by atoms with van der Waals surface area (Å²) in [5.74, 6) is 0.0742. The number of fused-ring (bicyclic) bond motifs is 1. The summed E-state index contributed by atoms with van der Waals surface area (Å²) in [4.78, 5) is 14.5. The van der Waals surface area contributed by atoms with Crippen LogP contribution in [-0.2, 0) is 12.8 Å². The maximum absolute atomic E-state index is 12.5. The van der Waals surface area contributed by atoms with Crippen molar-refractivity contribution in [3.8, 4) is 0 Å². The monoisotopic (exact) mass is 266 g/mol. The summed E-state index contributed by atoms with van der Waals surface area (Å²) < 4.78 is 0. The van der Waals surface area contributed by atoms with Gasteiger partial charge in [-0.15, -0.1) is 0 Å². The number of hydrogen-bond donors (Lipinski definition) is 1. The molecular weight excluding hydrogens is 248 g/mol. The summed E-state index contributed by atoms with van der Waals surface area (Å²) in [6.45, 7) is 1.54. The van der Waals surface area contributed by atoms with E-state index in [1.54, 1.807) is 12.1 Å². The SMILES string of the molecule is Nc1cccc(C(=O)N2CCc3ccccc3CC2)c1. The van der Waals surface area contributed by atoms with Crippen molar-refractivity contribution >= 4 is 11.6 Å². The first-order chi connectivity index (χ1) is 9.74. The number of amides is 1. The highest BCUT2D eigenvalue weighted by atomic mass is 16.2. The van der Waals surface area contributed by atoms with E-state index in [1.807, 2.05) is 17.0 Å². The van der Waals surface area contributed by atoms with Crippen LogP contribution in [0.25, 0.3) is 0 Å². The molecule has 0 atom stereocenters. The van der Waals surface area contributed by atoms with Crippen molar-refractivity contribution in [2.24, 2.45) is 0 Å². The molecule has 1 aliphatic heterocycles. The third kappa shape index (κ3) is 2.52. The van der Waals surface area contributed by atoms with E-state index in [-0.39, 0.29) is 5.91 Å². The Morgan fingerprint density at radius 3 is 2.20 bits per heavy atom. The van der Waals surface area contributed by atoms with Crippen molar-refractivity contribution in [2.45, 2.75) is 12.8 Å². The molecular formula is C17H18N2O. The van der Waals surface area contributed by atoms with Gasteiger partial charge in [0.2, 0.25) is 0 Å². The van der Waals surface area contributed by atoms with Gasteiger partial charge in [0, 0.05) is 24.3 Å². The highest BCUT2D eigenvalue weighted by Gasteiger charge is 2.19. The number of anilines is 1. The predicted molar refractivity (Wildman–Crippen MR) is 80.6 cm³/mol. The first kappa shape index (κ1) is 12.7. The summed E-state index contributed by atoms with van der Waals surface area (Å²) in [6, 6.07) is 15.7. The number of carbonyl (C=O) groups is 1. The fraction of sp³-hybridized carbons (Fsp3) is 0.235. The number of rotatable bonds is 1. The van der Waals surface area contributed by atoms with Crippen molar-refractivity contribution < 1.29 is 4.79 Å². The Bertz CT molecular complexity index is 609. The molecule has 0 radical (unpaired) electrons. The van der Waals surface area contributed by atoms with Gasteiger partial charge in [0.25, 0.3) is 5.91 Å². The Balaban J connectivity index is 1.78. The number of nitrogens with zero attached hydrogens (tertiary/aromatic N) is 1. The molecule has 0 unspecified atom stereocenters. The fourth-order valence-electron chi connectivity index (χ4n) is 2.73. The molecule has 1 amide bonds. The second kappa shape index (κ2) is 5.37. The summed E-state index contributed by atoms with van der Waals surface area (Å²) in [7, 11) is 0. The van der Waals surface area contributed by atoms with Gasteiger partial charge < -0.3 is 10.6 Å². The quantitative estimate of drug-likeness (QED) is 0.806. The molecule has 2 N–H and O–H groups in total. The highest BCUT2D eigenvalue weighted by molar-refractivity contribution is 5.95. The molecule has 0 saturated heterocycles. The predicted octanol–water partition coefficient (Wildman–Crippen LogP) is 2.51. The van der Waals surface area contributed by atoms with Crippen LogP contribution < -0.4 is 5.73 Å². The third-order valence-corrected chi connectivity index (χ3v) is 3.84. The van der Waals surface area contributed by atoms with Crippen LogP contribution in [0.4, 0.5) is 5.69 Å². The molecule has 20 heavy (non-hydrogen) atoms. The van der Waals surface area contributed by atoms with Gasteiger partial charge in [-0.2, -0.15) is 0 Å². The van der Waals surface area contributed by atoms with Gasteiger partial charge in [-0.3, -0.25) is 4.79 Å². The molecule has 0 spiro atoms. The Labute approximate surface area is 119 Å². The van der Waals surface area contributed by atoms with Gasteiger partial charge in [0.1, 0.15) is 0 Å². The summed E-state index contributed by atoms with van der Waals surface area (Å²) in [5.41, 5.74) is 9.78. The van der Waals surface area contributed by atoms with Crippen LogP contribution in [0.1, 0.15) is 21.5 Å². The number of nitrogen functional groups attached to an aromatic ring is 1. The van der Waals surface area contributed by atoms with E-state index < -0.39 is 0 Å². The molecule has 0 saturated carbocycles. The standard InChI is InChI=1S/C17H18N2O/c18-16-7-3-6-15(12-16)17(20)19-10-8-13-4-1-2-5-14(13)9-11-19/h1-7,12H,8-11,18H2. The molecule has 3 heteroatoms. The van der Waals surface area contributed by atoms with Crippen molar-refractivity contribution in [3.05, 3.63) is 65.2 Å². The van der Waals surface area contributed by atoms with Gasteiger partial charge >= 0.3 is 0 Å². The molecule has 0 aromatic heterocycles. The van der Waals surface area contributed by atoms with Gasteiger partial charge in [-0.25, -0.2) is 0 Å². The van der Waals surface area contributed by atoms with Crippen molar-refractivity contribution in [1.82, 2.24) is 4.90 Å². The van der Waals surface area contributed by atoms with Gasteiger partial charge in [-0.1, -0.05) is 30.3 Å². The van der Waals surface area contributed by atoms with E-state index in [0.717, 1.165) is 25.9 Å². The third-order valence-electron chi connectivity index (χ3n) is 3.84. The Hall–Kier alpha value is -2.29. The van der Waals surface area contributed by atoms with E-state index in [4.69, 9.17) is 5.73 Å². The summed E-state index contributed by atoms with van der Waals surface area (Å²) >= 11 is 0. The number of benzene rings is 2. The zero-order valence-corrected chi connectivity index (χ0v) is 11.4. The maximum atomic E-state index is 12.5. The van der Waals surface area contributed by atoms with E-state index >= 15 is 0 Å². The van der Waals surface area contributed by atoms with Crippen molar-refractivity contribution in [3.63, 3.8) is 0 Å². The molecule has 0 bridgehead atoms. The minimum absolute atomic E-state index is 0.0742. The lowest BCUT2D eigenvalue weighted by molar-refractivity contribution is 0.0763. The highest BCUT2D eigenvalue weighted by Crippen LogP contribution is 2.17. The smallest absolute Gasteiger partial charge is 0.253 e. The molecule has 1 aliphatic rings. The largest absolute Gasteiger partial charge is 0.399 e. The molecule has 3 rings (SSSR count). The van der Waals surface area contributed by atoms with E-state index in [9.17, 15) is 4.79 Å². The van der Waals surface area contributed by atoms with Crippen LogP contribution >= 0.6 is 0 Å². The van der Waals surface area contributed by atoms with Gasteiger partial charge in [-0.05, 0) is 42.2 Å². The number of hydrogen-bond acceptors (Lipinski definition) is 2. The Morgan fingerprint density at radius 2 is 1.60 bits per heavy atom. The average Bonchev–Trinajstić information content (AvgIpc) is 2.69. The van der Waals surface area contributed by atoms with Gasteiger partial charge in [0.05, 0.1) is 0 Å². The Kier molecular flexibility index (Phi) is 3.42. The van der Waals surface area contributed by atoms with Crippen LogP contribution in [0, 0.1) is 0 Å². The zero-order chi connectivity index (χ0) is 13.9. The lowest BCUT2D eigenvalue weighted by Crippen LogP contribution is -2.33. The second-order valence-corrected chi connectivity index (χ2v) is 5.19. The molecule has 102 valence electrons. The lowest BCUT2D eigenvalue weighted by atomic mass is 10.0. The number of nitrogens with two attached hydrogens (primary N) is 1. The second-order valence-electron chi connectivity index (χ2n) is 5.19. The summed E-state index contributed by atoms with van der Waals surface area (Å²) in [5, 5.41) is 0. The number of carbonyl (C=O) groups excluding carboxylic acids is 1. The van der Waals surface area contributed by atoms with Crippen LogP contribution in [0.3, 0.4) is 0 Å². The lowest BCUT2D eigenvalue weighted by Gasteiger charge is -2.20. The van der Waals surface area contributed by atoms with Crippen LogP contribution in [0.2, 0.25) is 0 Å². The topological polar surface area (TPSA) is 46.3 Å². The van der Waals surface area contributed by atoms with E-state index in [2.05, 4.69) is 24.3 Å². The Morgan fingerprint density at radius 1 is 0.950 bits per heavy atom. The van der Waals surface area contributed by atoms with Crippen molar-refractivity contribution in [1.29, 1.82) is 0 Å². The van der Waals surface area contributed by atoms with Crippen molar-refractivity contribution in [2.75, 3.05) is 18.8 Å². The fourth-order valence-corrected chi connectivity index (χ4v) is 2.73. The minimum Gasteiger partial charge on any atom is -0.399 e. The van der Waals surface area contributed by atoms with Crippen LogP contribution in [-0.4, -0.2) is 23.9 Å². The van der Waals surface area contributed by atoms with Gasteiger partial charge in [0.15, 0.2) is 0 Å². The molecule has 0 fully saturated rings. The molecule has 2 aromatic rings. The van der Waals surface area contributed by atoms with Crippen LogP contribution in [0.5, 0.6) is 0 Å². The summed E-state index contributed by atoms with van der Waals surface area (Å²) in [6.07, 6.45) is 1.84. The van der Waals surface area contributed by atoms with E-state index in [0.29, 0.717) is 11.3 Å². The molecule has 1 heterocycles. The van der Waals surface area contributed by atoms with E-state index in [1.165, 1.54) is 11.1 Å².